The molecule has 2 saturated heterocycles. The number of hydrogen-bond donors (Lipinski definition) is 1. The summed E-state index contributed by atoms with van der Waals surface area (Å²) in [5, 5.41) is 0. The van der Waals surface area contributed by atoms with E-state index in [1.165, 1.54) is 32.1 Å². The quantitative estimate of drug-likeness (QED) is 0.735. The molecule has 2 unspecified atom stereocenters. The Morgan fingerprint density at radius 2 is 1.67 bits per heavy atom. The summed E-state index contributed by atoms with van der Waals surface area (Å²) in [6.45, 7) is 1.61. The van der Waals surface area contributed by atoms with Crippen LogP contribution in [0.1, 0.15) is 32.1 Å². The van der Waals surface area contributed by atoms with Gasteiger partial charge >= 0.3 is 0 Å². The van der Waals surface area contributed by atoms with E-state index in [0.717, 1.165) is 24.3 Å². The summed E-state index contributed by atoms with van der Waals surface area (Å²) >= 11 is 0. The summed E-state index contributed by atoms with van der Waals surface area (Å²) < 4.78 is 0. The van der Waals surface area contributed by atoms with Crippen molar-refractivity contribution in [2.75, 3.05) is 13.1 Å². The third-order valence-electron chi connectivity index (χ3n) is 4.58. The number of primary amides is 1. The van der Waals surface area contributed by atoms with E-state index in [4.69, 9.17) is 5.73 Å². The molecule has 2 aliphatic heterocycles. The molecule has 0 radical (unpaired) electrons. The van der Waals surface area contributed by atoms with Gasteiger partial charge in [-0.25, -0.2) is 0 Å². The number of carbonyl (C=O) groups excluding carboxylic acids is 1. The third kappa shape index (κ3) is 1.78. The Labute approximate surface area is 91.0 Å². The molecule has 4 bridgehead atoms. The molecule has 3 nitrogen and oxygen atoms in total. The van der Waals surface area contributed by atoms with Crippen LogP contribution in [0.15, 0.2) is 0 Å². The second kappa shape index (κ2) is 3.48. The zero-order valence-electron chi connectivity index (χ0n) is 9.19. The molecule has 4 aliphatic rings. The van der Waals surface area contributed by atoms with Gasteiger partial charge in [-0.3, -0.25) is 9.69 Å². The molecule has 2 saturated carbocycles. The third-order valence-corrected chi connectivity index (χ3v) is 4.58. The Morgan fingerprint density at radius 3 is 2.27 bits per heavy atom. The van der Waals surface area contributed by atoms with Gasteiger partial charge in [0.15, 0.2) is 0 Å². The molecular formula is C12H20N2O. The Kier molecular flexibility index (Phi) is 2.23. The normalized spacial score (nSPS) is 44.3. The highest BCUT2D eigenvalue weighted by Crippen LogP contribution is 2.47. The molecule has 0 aromatic carbocycles. The Hall–Kier alpha value is -0.570. The molecule has 4 rings (SSSR count). The average Bonchev–Trinajstić information content (AvgIpc) is 2.30. The fourth-order valence-corrected chi connectivity index (χ4v) is 4.28. The van der Waals surface area contributed by atoms with Gasteiger partial charge in [0.2, 0.25) is 5.91 Å². The van der Waals surface area contributed by atoms with Gasteiger partial charge in [0.25, 0.3) is 0 Å². The van der Waals surface area contributed by atoms with Gasteiger partial charge in [-0.15, -0.1) is 0 Å². The van der Waals surface area contributed by atoms with Crippen molar-refractivity contribution in [2.24, 2.45) is 23.5 Å². The van der Waals surface area contributed by atoms with Gasteiger partial charge in [0.1, 0.15) is 0 Å². The summed E-state index contributed by atoms with van der Waals surface area (Å²) in [5.41, 5.74) is 5.32. The lowest BCUT2D eigenvalue weighted by Gasteiger charge is -2.38. The molecule has 2 atom stereocenters. The minimum Gasteiger partial charge on any atom is -0.369 e. The highest BCUT2D eigenvalue weighted by atomic mass is 16.1. The van der Waals surface area contributed by atoms with E-state index in [9.17, 15) is 4.79 Å². The summed E-state index contributed by atoms with van der Waals surface area (Å²) in [6, 6.07) is 0.661. The number of fused-ring (bicyclic) bond motifs is 1. The number of amides is 1. The van der Waals surface area contributed by atoms with Crippen LogP contribution in [0.3, 0.4) is 0 Å². The van der Waals surface area contributed by atoms with Crippen LogP contribution in [-0.2, 0) is 4.79 Å². The molecule has 15 heavy (non-hydrogen) atoms. The predicted molar refractivity (Wildman–Crippen MR) is 58.1 cm³/mol. The van der Waals surface area contributed by atoms with E-state index >= 15 is 0 Å². The highest BCUT2D eigenvalue weighted by molar-refractivity contribution is 5.76. The van der Waals surface area contributed by atoms with Crippen molar-refractivity contribution in [3.8, 4) is 0 Å². The second-order valence-corrected chi connectivity index (χ2v) is 5.83. The minimum absolute atomic E-state index is 0.156. The van der Waals surface area contributed by atoms with Crippen LogP contribution in [0.25, 0.3) is 0 Å². The van der Waals surface area contributed by atoms with E-state index in [2.05, 4.69) is 4.90 Å². The summed E-state index contributed by atoms with van der Waals surface area (Å²) in [4.78, 5) is 13.4. The maximum absolute atomic E-state index is 11.0. The van der Waals surface area contributed by atoms with Crippen molar-refractivity contribution in [2.45, 2.75) is 38.1 Å². The summed E-state index contributed by atoms with van der Waals surface area (Å²) in [5.74, 6) is 2.59. The van der Waals surface area contributed by atoms with Crippen LogP contribution < -0.4 is 5.73 Å². The van der Waals surface area contributed by atoms with Gasteiger partial charge in [0, 0.05) is 12.6 Å². The fraction of sp³-hybridized carbons (Fsp3) is 0.917. The van der Waals surface area contributed by atoms with Gasteiger partial charge < -0.3 is 5.73 Å². The van der Waals surface area contributed by atoms with Crippen molar-refractivity contribution >= 4 is 5.91 Å². The summed E-state index contributed by atoms with van der Waals surface area (Å²) in [6.07, 6.45) is 6.91. The molecule has 1 amide bonds. The first kappa shape index (κ1) is 9.64. The largest absolute Gasteiger partial charge is 0.369 e. The number of hydrogen-bond acceptors (Lipinski definition) is 2. The first-order valence-electron chi connectivity index (χ1n) is 6.23. The molecule has 3 heteroatoms. The maximum atomic E-state index is 11.0. The van der Waals surface area contributed by atoms with Gasteiger partial charge in [-0.1, -0.05) is 0 Å². The van der Waals surface area contributed by atoms with Gasteiger partial charge in [-0.05, 0) is 49.9 Å². The van der Waals surface area contributed by atoms with Crippen molar-refractivity contribution in [3.63, 3.8) is 0 Å². The van der Waals surface area contributed by atoms with E-state index < -0.39 is 0 Å². The zero-order valence-corrected chi connectivity index (χ0v) is 9.19. The molecule has 84 valence electrons. The molecule has 2 aliphatic carbocycles. The van der Waals surface area contributed by atoms with Gasteiger partial charge in [0.05, 0.1) is 6.54 Å². The lowest BCUT2D eigenvalue weighted by Crippen LogP contribution is -2.42. The second-order valence-electron chi connectivity index (χ2n) is 5.83. The molecule has 2 heterocycles. The fourth-order valence-electron chi connectivity index (χ4n) is 4.28. The SMILES string of the molecule is NC(=O)CN1CC2CC3CC(C2)CC1C3. The van der Waals surface area contributed by atoms with Crippen LogP contribution in [0.2, 0.25) is 0 Å². The van der Waals surface area contributed by atoms with E-state index in [1.54, 1.807) is 0 Å². The van der Waals surface area contributed by atoms with Crippen molar-refractivity contribution in [1.29, 1.82) is 0 Å². The number of nitrogens with two attached hydrogens (primary N) is 1. The Bertz CT molecular complexity index is 265. The molecule has 0 spiro atoms. The van der Waals surface area contributed by atoms with Crippen LogP contribution in [0.5, 0.6) is 0 Å². The lowest BCUT2D eigenvalue weighted by atomic mass is 9.68. The molecule has 4 fully saturated rings. The molecule has 0 aromatic heterocycles. The lowest BCUT2D eigenvalue weighted by molar-refractivity contribution is -0.119. The Balaban J connectivity index is 1.79. The number of carbonyl (C=O) groups is 1. The smallest absolute Gasteiger partial charge is 0.231 e. The Morgan fingerprint density at radius 1 is 1.07 bits per heavy atom. The van der Waals surface area contributed by atoms with E-state index in [-0.39, 0.29) is 5.91 Å². The summed E-state index contributed by atoms with van der Waals surface area (Å²) in [7, 11) is 0. The minimum atomic E-state index is -0.156. The first-order chi connectivity index (χ1) is 7.20. The van der Waals surface area contributed by atoms with Crippen molar-refractivity contribution in [3.05, 3.63) is 0 Å². The average molecular weight is 208 g/mol. The monoisotopic (exact) mass is 208 g/mol. The van der Waals surface area contributed by atoms with E-state index in [1.807, 2.05) is 0 Å². The van der Waals surface area contributed by atoms with Gasteiger partial charge in [-0.2, -0.15) is 0 Å². The van der Waals surface area contributed by atoms with Crippen LogP contribution in [-0.4, -0.2) is 29.9 Å². The molecular weight excluding hydrogens is 188 g/mol. The molecule has 2 N–H and O–H groups in total. The number of rotatable bonds is 2. The highest BCUT2D eigenvalue weighted by Gasteiger charge is 2.42. The maximum Gasteiger partial charge on any atom is 0.231 e. The first-order valence-corrected chi connectivity index (χ1v) is 6.23. The predicted octanol–water partition coefficient (Wildman–Crippen LogP) is 0.982. The zero-order chi connectivity index (χ0) is 10.4. The number of nitrogens with zero attached hydrogens (tertiary/aromatic N) is 1. The molecule has 0 aromatic rings. The van der Waals surface area contributed by atoms with Crippen LogP contribution in [0.4, 0.5) is 0 Å². The van der Waals surface area contributed by atoms with Crippen molar-refractivity contribution in [1.82, 2.24) is 4.90 Å². The van der Waals surface area contributed by atoms with E-state index in [0.29, 0.717) is 12.6 Å². The van der Waals surface area contributed by atoms with Crippen molar-refractivity contribution < 1.29 is 4.79 Å². The topological polar surface area (TPSA) is 46.3 Å². The standard InChI is InChI=1S/C12H20N2O/c13-12(15)7-14-6-10-2-8-1-9(3-10)5-11(14)4-8/h8-11H,1-7H2,(H2,13,15). The van der Waals surface area contributed by atoms with Crippen LogP contribution in [0, 0.1) is 17.8 Å². The van der Waals surface area contributed by atoms with Crippen LogP contribution >= 0.6 is 0 Å².